The van der Waals surface area contributed by atoms with Crippen molar-refractivity contribution in [3.05, 3.63) is 48.0 Å². The van der Waals surface area contributed by atoms with E-state index in [4.69, 9.17) is 0 Å². The van der Waals surface area contributed by atoms with Gasteiger partial charge in [-0.3, -0.25) is 9.89 Å². The number of aromatic amines is 2. The first-order valence-corrected chi connectivity index (χ1v) is 10.5. The van der Waals surface area contributed by atoms with Gasteiger partial charge in [-0.05, 0) is 43.0 Å². The summed E-state index contributed by atoms with van der Waals surface area (Å²) in [5.41, 5.74) is 3.41. The number of H-pyrrole nitrogens is 2. The van der Waals surface area contributed by atoms with E-state index in [1.807, 2.05) is 24.3 Å². The van der Waals surface area contributed by atoms with Crippen molar-refractivity contribution in [2.24, 2.45) is 11.8 Å². The molecule has 0 bridgehead atoms. The van der Waals surface area contributed by atoms with Crippen LogP contribution in [0.3, 0.4) is 0 Å². The van der Waals surface area contributed by atoms with Crippen molar-refractivity contribution in [3.63, 3.8) is 0 Å². The number of benzene rings is 2. The number of halogens is 2. The van der Waals surface area contributed by atoms with E-state index in [0.29, 0.717) is 41.0 Å². The minimum atomic E-state index is -1.25. The number of carbonyl (C=O) groups excluding carboxylic acids is 1. The van der Waals surface area contributed by atoms with Crippen molar-refractivity contribution >= 4 is 27.8 Å². The second kappa shape index (κ2) is 7.76. The van der Waals surface area contributed by atoms with Crippen LogP contribution in [-0.4, -0.2) is 45.0 Å². The summed E-state index contributed by atoms with van der Waals surface area (Å²) >= 11 is 0. The summed E-state index contributed by atoms with van der Waals surface area (Å²) in [4.78, 5) is 20.4. The van der Waals surface area contributed by atoms with Gasteiger partial charge in [-0.1, -0.05) is 25.1 Å². The number of hydrogen-bond acceptors (Lipinski definition) is 3. The molecule has 1 amide bonds. The molecular weight excluding hydrogens is 400 g/mol. The molecule has 4 atom stereocenters. The Hall–Kier alpha value is -3.29. The molecule has 2 heterocycles. The Kier molecular flexibility index (Phi) is 4.92. The molecule has 1 aliphatic carbocycles. The van der Waals surface area contributed by atoms with Gasteiger partial charge < -0.3 is 10.3 Å². The van der Waals surface area contributed by atoms with Crippen molar-refractivity contribution in [2.75, 3.05) is 6.54 Å². The predicted molar refractivity (Wildman–Crippen MR) is 115 cm³/mol. The molecule has 8 heteroatoms. The fourth-order valence-corrected chi connectivity index (χ4v) is 4.38. The summed E-state index contributed by atoms with van der Waals surface area (Å²) in [7, 11) is 0. The molecule has 160 valence electrons. The standard InChI is InChI=1S/C23H23F2N5O/c1-12-6-8-16(24)15(20(12)25)11-26-23(31)13-7-9-18-19(10-13)28-22(27-18)21-14-4-2-3-5-17(14)29-30-21/h2-5,7,9-10,12,15-16,20H,6,8,11H2,1H3,(H,26,31)(H,27,28)(H,29,30). The summed E-state index contributed by atoms with van der Waals surface area (Å²) < 4.78 is 28.6. The molecule has 1 saturated carbocycles. The number of alkyl halides is 2. The van der Waals surface area contributed by atoms with Crippen molar-refractivity contribution < 1.29 is 13.6 Å². The Morgan fingerprint density at radius 2 is 2.00 bits per heavy atom. The maximum absolute atomic E-state index is 14.4. The van der Waals surface area contributed by atoms with Crippen LogP contribution in [-0.2, 0) is 0 Å². The van der Waals surface area contributed by atoms with E-state index in [1.54, 1.807) is 25.1 Å². The molecule has 6 nitrogen and oxygen atoms in total. The van der Waals surface area contributed by atoms with Gasteiger partial charge in [-0.15, -0.1) is 0 Å². The molecule has 0 radical (unpaired) electrons. The Labute approximate surface area is 177 Å². The number of nitrogens with one attached hydrogen (secondary N) is 3. The lowest BCUT2D eigenvalue weighted by Gasteiger charge is -2.33. The lowest BCUT2D eigenvalue weighted by atomic mass is 9.79. The van der Waals surface area contributed by atoms with Gasteiger partial charge in [-0.2, -0.15) is 5.10 Å². The smallest absolute Gasteiger partial charge is 0.251 e. The second-order valence-corrected chi connectivity index (χ2v) is 8.32. The van der Waals surface area contributed by atoms with Crippen LogP contribution in [0.25, 0.3) is 33.5 Å². The normalized spacial score (nSPS) is 24.0. The SMILES string of the molecule is CC1CCC(F)C(CNC(=O)c2ccc3nc(-c4n[nH]c5ccccc45)[nH]c3c2)C1F. The molecule has 2 aromatic heterocycles. The highest BCUT2D eigenvalue weighted by Gasteiger charge is 2.38. The Morgan fingerprint density at radius 3 is 2.87 bits per heavy atom. The number of carbonyl (C=O) groups is 1. The molecule has 2 aromatic carbocycles. The molecule has 5 rings (SSSR count). The Morgan fingerprint density at radius 1 is 1.16 bits per heavy atom. The van der Waals surface area contributed by atoms with Crippen molar-refractivity contribution in [1.82, 2.24) is 25.5 Å². The van der Waals surface area contributed by atoms with Crippen molar-refractivity contribution in [2.45, 2.75) is 32.1 Å². The summed E-state index contributed by atoms with van der Waals surface area (Å²) in [6.45, 7) is 1.77. The maximum atomic E-state index is 14.4. The van der Waals surface area contributed by atoms with Gasteiger partial charge in [0.25, 0.3) is 5.91 Å². The number of fused-ring (bicyclic) bond motifs is 2. The number of amides is 1. The van der Waals surface area contributed by atoms with Gasteiger partial charge in [0.05, 0.1) is 16.6 Å². The number of hydrogen-bond donors (Lipinski definition) is 3. The third kappa shape index (κ3) is 3.56. The molecule has 1 aliphatic rings. The molecule has 3 N–H and O–H groups in total. The van der Waals surface area contributed by atoms with E-state index in [1.165, 1.54) is 0 Å². The number of rotatable bonds is 4. The van der Waals surface area contributed by atoms with Gasteiger partial charge in [0.2, 0.25) is 0 Å². The highest BCUT2D eigenvalue weighted by Crippen LogP contribution is 2.33. The van der Waals surface area contributed by atoms with Crippen LogP contribution in [0, 0.1) is 11.8 Å². The van der Waals surface area contributed by atoms with Crippen LogP contribution >= 0.6 is 0 Å². The van der Waals surface area contributed by atoms with Crippen LogP contribution in [0.1, 0.15) is 30.1 Å². The highest BCUT2D eigenvalue weighted by molar-refractivity contribution is 5.98. The van der Waals surface area contributed by atoms with E-state index >= 15 is 0 Å². The monoisotopic (exact) mass is 423 g/mol. The Balaban J connectivity index is 1.35. The molecule has 4 unspecified atom stereocenters. The first-order chi connectivity index (χ1) is 15.0. The molecule has 0 aliphatic heterocycles. The van der Waals surface area contributed by atoms with Crippen LogP contribution in [0.4, 0.5) is 8.78 Å². The third-order valence-corrected chi connectivity index (χ3v) is 6.25. The number of aromatic nitrogens is 4. The lowest BCUT2D eigenvalue weighted by Crippen LogP contribution is -2.43. The zero-order valence-corrected chi connectivity index (χ0v) is 17.0. The molecule has 4 aromatic rings. The fraction of sp³-hybridized carbons (Fsp3) is 0.348. The molecule has 31 heavy (non-hydrogen) atoms. The van der Waals surface area contributed by atoms with E-state index in [-0.39, 0.29) is 18.4 Å². The van der Waals surface area contributed by atoms with Crippen molar-refractivity contribution in [1.29, 1.82) is 0 Å². The number of imidazole rings is 1. The van der Waals surface area contributed by atoms with E-state index in [0.717, 1.165) is 10.9 Å². The van der Waals surface area contributed by atoms with Crippen LogP contribution in [0.2, 0.25) is 0 Å². The summed E-state index contributed by atoms with van der Waals surface area (Å²) in [5, 5.41) is 11.0. The molecule has 0 saturated heterocycles. The van der Waals surface area contributed by atoms with E-state index < -0.39 is 18.3 Å². The third-order valence-electron chi connectivity index (χ3n) is 6.25. The Bertz CT molecular complexity index is 1250. The predicted octanol–water partition coefficient (Wildman–Crippen LogP) is 4.56. The maximum Gasteiger partial charge on any atom is 0.251 e. The van der Waals surface area contributed by atoms with Crippen LogP contribution in [0.5, 0.6) is 0 Å². The number of nitrogens with zero attached hydrogens (tertiary/aromatic N) is 2. The van der Waals surface area contributed by atoms with Gasteiger partial charge in [0, 0.05) is 23.4 Å². The number of para-hydroxylation sites is 1. The first kappa shape index (κ1) is 19.7. The molecule has 1 fully saturated rings. The highest BCUT2D eigenvalue weighted by atomic mass is 19.1. The second-order valence-electron chi connectivity index (χ2n) is 8.32. The van der Waals surface area contributed by atoms with Gasteiger partial charge in [0.1, 0.15) is 18.0 Å². The first-order valence-electron chi connectivity index (χ1n) is 10.5. The van der Waals surface area contributed by atoms with E-state index in [2.05, 4.69) is 25.5 Å². The summed E-state index contributed by atoms with van der Waals surface area (Å²) in [6, 6.07) is 12.9. The largest absolute Gasteiger partial charge is 0.352 e. The zero-order chi connectivity index (χ0) is 21.5. The van der Waals surface area contributed by atoms with Crippen LogP contribution in [0.15, 0.2) is 42.5 Å². The van der Waals surface area contributed by atoms with Gasteiger partial charge in [-0.25, -0.2) is 13.8 Å². The average molecular weight is 423 g/mol. The van der Waals surface area contributed by atoms with E-state index in [9.17, 15) is 13.6 Å². The van der Waals surface area contributed by atoms with Gasteiger partial charge >= 0.3 is 0 Å². The molecule has 0 spiro atoms. The minimum Gasteiger partial charge on any atom is -0.352 e. The quantitative estimate of drug-likeness (QED) is 0.450. The molecular formula is C23H23F2N5O. The zero-order valence-electron chi connectivity index (χ0n) is 17.0. The summed E-state index contributed by atoms with van der Waals surface area (Å²) in [5.74, 6) is -0.752. The summed E-state index contributed by atoms with van der Waals surface area (Å²) in [6.07, 6.45) is -1.60. The van der Waals surface area contributed by atoms with Gasteiger partial charge in [0.15, 0.2) is 5.82 Å². The minimum absolute atomic E-state index is 0.0168. The average Bonchev–Trinajstić information content (AvgIpc) is 3.39. The van der Waals surface area contributed by atoms with Crippen molar-refractivity contribution in [3.8, 4) is 11.5 Å². The van der Waals surface area contributed by atoms with Crippen LogP contribution < -0.4 is 5.32 Å². The fourth-order valence-electron chi connectivity index (χ4n) is 4.38. The lowest BCUT2D eigenvalue weighted by molar-refractivity contribution is 0.0372. The topological polar surface area (TPSA) is 86.5 Å².